The molecule has 2 heterocycles. The lowest BCUT2D eigenvalue weighted by atomic mass is 10.0. The van der Waals surface area contributed by atoms with E-state index >= 15 is 0 Å². The number of methoxy groups -OCH3 is 1. The summed E-state index contributed by atoms with van der Waals surface area (Å²) in [6.07, 6.45) is 6.23. The van der Waals surface area contributed by atoms with E-state index in [9.17, 15) is 10.5 Å². The number of nitrogen functional groups attached to an aromatic ring is 1. The van der Waals surface area contributed by atoms with Gasteiger partial charge in [-0.1, -0.05) is 24.4 Å². The van der Waals surface area contributed by atoms with Crippen molar-refractivity contribution in [3.05, 3.63) is 65.9 Å². The Labute approximate surface area is 185 Å². The van der Waals surface area contributed by atoms with Gasteiger partial charge in [0.25, 0.3) is 0 Å². The zero-order valence-electron chi connectivity index (χ0n) is 17.1. The van der Waals surface area contributed by atoms with E-state index in [4.69, 9.17) is 15.2 Å². The van der Waals surface area contributed by atoms with Gasteiger partial charge in [-0.15, -0.1) is 0 Å². The Hall–Kier alpha value is -4.08. The summed E-state index contributed by atoms with van der Waals surface area (Å²) in [7, 11) is 1.54. The highest BCUT2D eigenvalue weighted by atomic mass is 32.2. The number of hydrogen-bond acceptors (Lipinski definition) is 9. The minimum absolute atomic E-state index is 0.0144. The summed E-state index contributed by atoms with van der Waals surface area (Å²) in [6, 6.07) is 7.46. The molecule has 2 aromatic heterocycles. The minimum Gasteiger partial charge on any atom is -0.498 e. The van der Waals surface area contributed by atoms with Gasteiger partial charge in [0.05, 0.1) is 24.6 Å². The van der Waals surface area contributed by atoms with Crippen LogP contribution < -0.4 is 10.5 Å². The number of nitrogens with two attached hydrogens (primary N) is 1. The van der Waals surface area contributed by atoms with E-state index in [1.807, 2.05) is 6.07 Å². The third-order valence-electron chi connectivity index (χ3n) is 3.96. The van der Waals surface area contributed by atoms with E-state index in [2.05, 4.69) is 34.3 Å². The molecule has 0 spiro atoms. The molecule has 0 aliphatic rings. The van der Waals surface area contributed by atoms with Crippen molar-refractivity contribution in [1.82, 2.24) is 9.97 Å². The molecule has 0 saturated carbocycles. The van der Waals surface area contributed by atoms with E-state index in [0.29, 0.717) is 39.2 Å². The maximum absolute atomic E-state index is 9.83. The first-order chi connectivity index (χ1) is 15.0. The molecule has 2 aromatic rings. The van der Waals surface area contributed by atoms with Gasteiger partial charge in [-0.05, 0) is 31.9 Å². The van der Waals surface area contributed by atoms with Crippen molar-refractivity contribution >= 4 is 24.3 Å². The third-order valence-corrected chi connectivity index (χ3v) is 4.97. The number of ether oxygens (including phenoxy) is 2. The van der Waals surface area contributed by atoms with Crippen LogP contribution in [0.1, 0.15) is 18.1 Å². The molecule has 0 unspecified atom stereocenters. The molecule has 156 valence electrons. The fourth-order valence-electron chi connectivity index (χ4n) is 2.38. The van der Waals surface area contributed by atoms with Gasteiger partial charge in [0, 0.05) is 17.0 Å². The van der Waals surface area contributed by atoms with Crippen LogP contribution in [-0.4, -0.2) is 29.5 Å². The van der Waals surface area contributed by atoms with Gasteiger partial charge in [-0.3, -0.25) is 9.98 Å². The number of nitrogens with zero attached hydrogens (tertiary/aromatic N) is 5. The first-order valence-electron chi connectivity index (χ1n) is 8.87. The van der Waals surface area contributed by atoms with Crippen LogP contribution in [0.5, 0.6) is 5.75 Å². The molecule has 0 bridgehead atoms. The van der Waals surface area contributed by atoms with Gasteiger partial charge in [-0.2, -0.15) is 10.5 Å². The van der Waals surface area contributed by atoms with Gasteiger partial charge in [0.2, 0.25) is 0 Å². The average Bonchev–Trinajstić information content (AvgIpc) is 2.79. The quantitative estimate of drug-likeness (QED) is 0.270. The fraction of sp³-hybridized carbons (Fsp3) is 0.136. The van der Waals surface area contributed by atoms with E-state index in [1.54, 1.807) is 31.2 Å². The molecule has 2 N–H and O–H groups in total. The number of allylic oxidation sites excluding steroid dienone is 3. The molecule has 0 amide bonds. The molecule has 0 aliphatic heterocycles. The topological polar surface area (TPSA) is 130 Å². The molecule has 0 aliphatic carbocycles. The number of aromatic nitrogens is 2. The van der Waals surface area contributed by atoms with Crippen LogP contribution >= 0.6 is 11.8 Å². The second-order valence-electron chi connectivity index (χ2n) is 5.92. The molecule has 0 fully saturated rings. The van der Waals surface area contributed by atoms with Crippen molar-refractivity contribution in [1.29, 1.82) is 10.5 Å². The summed E-state index contributed by atoms with van der Waals surface area (Å²) in [6.45, 7) is 8.90. The SMILES string of the molecule is C=C/C=C(/CSc1nc(N)c(C#N)c(-c2ccc(O/C=C(/C)OC)cn2)c1C#N)N=C. The van der Waals surface area contributed by atoms with Crippen LogP contribution in [0.25, 0.3) is 11.3 Å². The zero-order valence-corrected chi connectivity index (χ0v) is 17.9. The van der Waals surface area contributed by atoms with E-state index in [-0.39, 0.29) is 16.9 Å². The lowest BCUT2D eigenvalue weighted by molar-refractivity contribution is 0.276. The van der Waals surface area contributed by atoms with E-state index < -0.39 is 0 Å². The second kappa shape index (κ2) is 11.2. The molecule has 0 radical (unpaired) electrons. The standard InChI is InChI=1S/C22H20N6O2S/c1-5-6-15(26-3)13-31-22-18(10-24)20(17(9-23)21(25)28-22)19-8-7-16(11-27-19)30-12-14(2)29-4/h5-8,11-12H,1,3,13H2,2,4H3,(H2,25,28)/b14-12-,15-6-. The normalized spacial score (nSPS) is 11.2. The van der Waals surface area contributed by atoms with Gasteiger partial charge in [0.1, 0.15) is 46.3 Å². The summed E-state index contributed by atoms with van der Waals surface area (Å²) in [5, 5.41) is 19.8. The Morgan fingerprint density at radius 2 is 2.06 bits per heavy atom. The fourth-order valence-corrected chi connectivity index (χ4v) is 3.31. The highest BCUT2D eigenvalue weighted by Crippen LogP contribution is 2.35. The number of rotatable bonds is 9. The first kappa shape index (κ1) is 23.2. The van der Waals surface area contributed by atoms with Crippen LogP contribution in [0.15, 0.2) is 64.8 Å². The summed E-state index contributed by atoms with van der Waals surface area (Å²) in [4.78, 5) is 12.5. The van der Waals surface area contributed by atoms with Crippen molar-refractivity contribution in [2.75, 3.05) is 18.6 Å². The summed E-state index contributed by atoms with van der Waals surface area (Å²) >= 11 is 1.26. The second-order valence-corrected chi connectivity index (χ2v) is 6.88. The molecule has 31 heavy (non-hydrogen) atoms. The Kier molecular flexibility index (Phi) is 8.38. The van der Waals surface area contributed by atoms with E-state index in [0.717, 1.165) is 0 Å². The van der Waals surface area contributed by atoms with Gasteiger partial charge in [0.15, 0.2) is 0 Å². The molecule has 0 saturated heterocycles. The summed E-state index contributed by atoms with van der Waals surface area (Å²) < 4.78 is 10.5. The molecular formula is C22H20N6O2S. The predicted octanol–water partition coefficient (Wildman–Crippen LogP) is 4.22. The minimum atomic E-state index is 0.0144. The molecule has 0 atom stereocenters. The highest BCUT2D eigenvalue weighted by molar-refractivity contribution is 7.99. The molecule has 0 aromatic carbocycles. The zero-order chi connectivity index (χ0) is 22.8. The Morgan fingerprint density at radius 1 is 1.32 bits per heavy atom. The maximum atomic E-state index is 9.83. The van der Waals surface area contributed by atoms with Crippen LogP contribution in [0.4, 0.5) is 5.82 Å². The summed E-state index contributed by atoms with van der Waals surface area (Å²) in [5.74, 6) is 1.46. The van der Waals surface area contributed by atoms with Crippen molar-refractivity contribution in [2.24, 2.45) is 4.99 Å². The van der Waals surface area contributed by atoms with Crippen molar-refractivity contribution in [3.8, 4) is 29.1 Å². The average molecular weight is 433 g/mol. The first-order valence-corrected chi connectivity index (χ1v) is 9.86. The molecular weight excluding hydrogens is 412 g/mol. The molecule has 2 rings (SSSR count). The predicted molar refractivity (Wildman–Crippen MR) is 121 cm³/mol. The summed E-state index contributed by atoms with van der Waals surface area (Å²) in [5.41, 5.74) is 7.68. The van der Waals surface area contributed by atoms with Gasteiger partial charge >= 0.3 is 0 Å². The maximum Gasteiger partial charge on any atom is 0.145 e. The van der Waals surface area contributed by atoms with Crippen molar-refractivity contribution in [3.63, 3.8) is 0 Å². The lowest BCUT2D eigenvalue weighted by Crippen LogP contribution is -2.04. The van der Waals surface area contributed by atoms with E-state index in [1.165, 1.54) is 31.3 Å². The smallest absolute Gasteiger partial charge is 0.145 e. The number of aliphatic imine (C=N–C) groups is 1. The van der Waals surface area contributed by atoms with Gasteiger partial charge in [-0.25, -0.2) is 4.98 Å². The largest absolute Gasteiger partial charge is 0.498 e. The number of thioether (sulfide) groups is 1. The van der Waals surface area contributed by atoms with Crippen molar-refractivity contribution < 1.29 is 9.47 Å². The van der Waals surface area contributed by atoms with Crippen LogP contribution in [0.3, 0.4) is 0 Å². The van der Waals surface area contributed by atoms with Crippen LogP contribution in [0, 0.1) is 22.7 Å². The molecule has 9 heteroatoms. The Bertz CT molecular complexity index is 1120. The van der Waals surface area contributed by atoms with Crippen LogP contribution in [-0.2, 0) is 4.74 Å². The molecule has 8 nitrogen and oxygen atoms in total. The number of anilines is 1. The Balaban J connectivity index is 2.51. The van der Waals surface area contributed by atoms with Gasteiger partial charge < -0.3 is 15.2 Å². The monoisotopic (exact) mass is 432 g/mol. The van der Waals surface area contributed by atoms with Crippen LogP contribution in [0.2, 0.25) is 0 Å². The third kappa shape index (κ3) is 5.72. The number of nitriles is 2. The highest BCUT2D eigenvalue weighted by Gasteiger charge is 2.21. The lowest BCUT2D eigenvalue weighted by Gasteiger charge is -2.12. The number of hydrogen-bond donors (Lipinski definition) is 1. The number of pyridine rings is 2. The van der Waals surface area contributed by atoms with Crippen molar-refractivity contribution in [2.45, 2.75) is 11.9 Å². The Morgan fingerprint density at radius 3 is 2.61 bits per heavy atom.